The molecule has 5 rings (SSSR count). The molecular formula is C23H18F2N8O3. The number of fused-ring (bicyclic) bond motifs is 1. The normalized spacial score (nSPS) is 11.4. The van der Waals surface area contributed by atoms with E-state index in [2.05, 4.69) is 35.5 Å². The summed E-state index contributed by atoms with van der Waals surface area (Å²) in [5, 5.41) is 13.6. The summed E-state index contributed by atoms with van der Waals surface area (Å²) in [5.41, 5.74) is 1.74. The Kier molecular flexibility index (Phi) is 5.94. The number of aromatic nitrogens is 7. The van der Waals surface area contributed by atoms with Gasteiger partial charge in [0.1, 0.15) is 18.2 Å². The Balaban J connectivity index is 1.32. The lowest BCUT2D eigenvalue weighted by atomic mass is 10.3. The molecule has 0 radical (unpaired) electrons. The molecule has 3 heterocycles. The van der Waals surface area contributed by atoms with Crippen LogP contribution >= 0.6 is 0 Å². The van der Waals surface area contributed by atoms with Gasteiger partial charge in [0.25, 0.3) is 5.95 Å². The van der Waals surface area contributed by atoms with Crippen molar-refractivity contribution >= 4 is 22.8 Å². The fourth-order valence-corrected chi connectivity index (χ4v) is 3.35. The van der Waals surface area contributed by atoms with E-state index in [-0.39, 0.29) is 24.2 Å². The number of anilines is 1. The molecule has 0 aliphatic rings. The van der Waals surface area contributed by atoms with Gasteiger partial charge in [-0.1, -0.05) is 41.5 Å². The molecule has 1 N–H and O–H groups in total. The lowest BCUT2D eigenvalue weighted by Crippen LogP contribution is -2.40. The Bertz CT molecular complexity index is 1520. The summed E-state index contributed by atoms with van der Waals surface area (Å²) in [5.74, 6) is -1.51. The lowest BCUT2D eigenvalue weighted by Gasteiger charge is -2.17. The highest BCUT2D eigenvalue weighted by atomic mass is 19.3. The van der Waals surface area contributed by atoms with Crippen molar-refractivity contribution in [3.8, 4) is 17.7 Å². The van der Waals surface area contributed by atoms with E-state index in [4.69, 9.17) is 4.74 Å². The maximum atomic E-state index is 14.3. The average Bonchev–Trinajstić information content (AvgIpc) is 3.45. The third-order valence-electron chi connectivity index (χ3n) is 4.98. The minimum absolute atomic E-state index is 0.0742. The molecule has 0 unspecified atom stereocenters. The highest BCUT2D eigenvalue weighted by molar-refractivity contribution is 5.94. The molecule has 0 spiro atoms. The number of hydrogen-bond acceptors (Lipinski definition) is 8. The minimum Gasteiger partial charge on any atom is -0.458 e. The van der Waals surface area contributed by atoms with Crippen LogP contribution in [0.1, 0.15) is 5.69 Å². The van der Waals surface area contributed by atoms with Gasteiger partial charge in [-0.05, 0) is 46.8 Å². The maximum absolute atomic E-state index is 14.3. The molecule has 0 atom stereocenters. The van der Waals surface area contributed by atoms with Crippen molar-refractivity contribution in [2.45, 2.75) is 12.7 Å². The monoisotopic (exact) mass is 492 g/mol. The molecule has 5 aromatic rings. The van der Waals surface area contributed by atoms with Crippen molar-refractivity contribution in [1.82, 2.24) is 34.7 Å². The number of carbonyl (C=O) groups is 1. The SMILES string of the molecule is Cn1nnnc1-n1c(OCc2cccc(NC(=O)C(F)(F)Oc3ccccc3)n2)nc2ccccc21. The topological polar surface area (TPSA) is 122 Å². The summed E-state index contributed by atoms with van der Waals surface area (Å²) >= 11 is 0. The van der Waals surface area contributed by atoms with Crippen LogP contribution < -0.4 is 14.8 Å². The molecular weight excluding hydrogens is 474 g/mol. The lowest BCUT2D eigenvalue weighted by molar-refractivity contribution is -0.187. The second kappa shape index (κ2) is 9.37. The number of para-hydroxylation sites is 3. The molecule has 0 bridgehead atoms. The van der Waals surface area contributed by atoms with Crippen LogP contribution in [0.25, 0.3) is 17.0 Å². The standard InChI is InChI=1S/C23H18F2N8O3/c1-32-21(29-30-31-32)33-18-12-6-5-11-17(18)27-22(33)35-14-15-8-7-13-19(26-15)28-20(34)23(24,25)36-16-9-3-2-4-10-16/h2-13H,14H2,1H3,(H,26,28,34). The van der Waals surface area contributed by atoms with Gasteiger partial charge in [-0.3, -0.25) is 4.79 Å². The largest absolute Gasteiger partial charge is 0.482 e. The highest BCUT2D eigenvalue weighted by Crippen LogP contribution is 2.26. The number of benzene rings is 2. The number of halogens is 2. The Labute approximate surface area is 202 Å². The Morgan fingerprint density at radius 3 is 2.56 bits per heavy atom. The fourth-order valence-electron chi connectivity index (χ4n) is 3.35. The van der Waals surface area contributed by atoms with Crippen LogP contribution in [0.2, 0.25) is 0 Å². The van der Waals surface area contributed by atoms with Crippen LogP contribution in [-0.2, 0) is 18.4 Å². The quantitative estimate of drug-likeness (QED) is 0.351. The van der Waals surface area contributed by atoms with Crippen LogP contribution in [0.3, 0.4) is 0 Å². The van der Waals surface area contributed by atoms with Crippen LogP contribution in [0, 0.1) is 0 Å². The van der Waals surface area contributed by atoms with Crippen molar-refractivity contribution in [3.63, 3.8) is 0 Å². The number of aryl methyl sites for hydroxylation is 1. The van der Waals surface area contributed by atoms with Gasteiger partial charge < -0.3 is 14.8 Å². The summed E-state index contributed by atoms with van der Waals surface area (Å²) in [7, 11) is 1.68. The van der Waals surface area contributed by atoms with Crippen LogP contribution in [0.4, 0.5) is 14.6 Å². The number of imidazole rings is 1. The molecule has 36 heavy (non-hydrogen) atoms. The number of rotatable bonds is 8. The molecule has 2 aromatic carbocycles. The van der Waals surface area contributed by atoms with Crippen molar-refractivity contribution in [3.05, 3.63) is 78.5 Å². The van der Waals surface area contributed by atoms with E-state index < -0.39 is 12.0 Å². The second-order valence-corrected chi connectivity index (χ2v) is 7.51. The molecule has 13 heteroatoms. The number of nitrogens with one attached hydrogen (secondary N) is 1. The Morgan fingerprint density at radius 2 is 1.78 bits per heavy atom. The first-order valence-corrected chi connectivity index (χ1v) is 10.6. The van der Waals surface area contributed by atoms with Gasteiger partial charge in [0, 0.05) is 7.05 Å². The van der Waals surface area contributed by atoms with Crippen molar-refractivity contribution in [1.29, 1.82) is 0 Å². The summed E-state index contributed by atoms with van der Waals surface area (Å²) in [6.07, 6.45) is -4.11. The molecule has 0 saturated carbocycles. The number of nitrogens with zero attached hydrogens (tertiary/aromatic N) is 7. The molecule has 182 valence electrons. The number of alkyl halides is 2. The molecule has 1 amide bonds. The molecule has 3 aromatic heterocycles. The second-order valence-electron chi connectivity index (χ2n) is 7.51. The summed E-state index contributed by atoms with van der Waals surface area (Å²) in [6.45, 7) is -0.0742. The van der Waals surface area contributed by atoms with Crippen LogP contribution in [0.5, 0.6) is 11.8 Å². The van der Waals surface area contributed by atoms with E-state index >= 15 is 0 Å². The third-order valence-corrected chi connectivity index (χ3v) is 4.98. The van der Waals surface area contributed by atoms with E-state index in [9.17, 15) is 13.6 Å². The van der Waals surface area contributed by atoms with Gasteiger partial charge in [-0.2, -0.15) is 13.8 Å². The maximum Gasteiger partial charge on any atom is 0.482 e. The van der Waals surface area contributed by atoms with E-state index in [0.717, 1.165) is 5.52 Å². The van der Waals surface area contributed by atoms with Gasteiger partial charge in [0.05, 0.1) is 16.7 Å². The number of ether oxygens (including phenoxy) is 2. The van der Waals surface area contributed by atoms with Gasteiger partial charge in [0.2, 0.25) is 0 Å². The Morgan fingerprint density at radius 1 is 1.00 bits per heavy atom. The zero-order valence-corrected chi connectivity index (χ0v) is 18.7. The van der Waals surface area contributed by atoms with Gasteiger partial charge in [-0.25, -0.2) is 14.2 Å². The van der Waals surface area contributed by atoms with E-state index in [1.165, 1.54) is 35.0 Å². The summed E-state index contributed by atoms with van der Waals surface area (Å²) in [6, 6.07) is 19.4. The molecule has 0 aliphatic carbocycles. The van der Waals surface area contributed by atoms with Crippen molar-refractivity contribution < 1.29 is 23.0 Å². The Hall–Kier alpha value is -4.94. The van der Waals surface area contributed by atoms with Crippen LogP contribution in [0.15, 0.2) is 72.8 Å². The first kappa shape index (κ1) is 22.8. The molecule has 0 fully saturated rings. The predicted molar refractivity (Wildman–Crippen MR) is 123 cm³/mol. The van der Waals surface area contributed by atoms with Crippen LogP contribution in [-0.4, -0.2) is 46.8 Å². The zero-order valence-electron chi connectivity index (χ0n) is 18.7. The smallest absolute Gasteiger partial charge is 0.458 e. The van der Waals surface area contributed by atoms with Gasteiger partial charge in [-0.15, -0.1) is 0 Å². The summed E-state index contributed by atoms with van der Waals surface area (Å²) in [4.78, 5) is 20.8. The highest BCUT2D eigenvalue weighted by Gasteiger charge is 2.42. The van der Waals surface area contributed by atoms with Crippen molar-refractivity contribution in [2.75, 3.05) is 5.32 Å². The molecule has 0 aliphatic heterocycles. The molecule has 11 nitrogen and oxygen atoms in total. The number of amides is 1. The number of pyridine rings is 1. The van der Waals surface area contributed by atoms with E-state index in [0.29, 0.717) is 17.2 Å². The average molecular weight is 492 g/mol. The van der Waals surface area contributed by atoms with E-state index in [1.54, 1.807) is 29.8 Å². The van der Waals surface area contributed by atoms with Gasteiger partial charge >= 0.3 is 18.0 Å². The number of hydrogen-bond donors (Lipinski definition) is 1. The number of carbonyl (C=O) groups excluding carboxylic acids is 1. The zero-order chi connectivity index (χ0) is 25.1. The van der Waals surface area contributed by atoms with Crippen molar-refractivity contribution in [2.24, 2.45) is 7.05 Å². The summed E-state index contributed by atoms with van der Waals surface area (Å²) < 4.78 is 42.0. The predicted octanol–water partition coefficient (Wildman–Crippen LogP) is 3.13. The van der Waals surface area contributed by atoms with Gasteiger partial charge in [0.15, 0.2) is 0 Å². The first-order chi connectivity index (χ1) is 17.4. The first-order valence-electron chi connectivity index (χ1n) is 10.6. The van der Waals surface area contributed by atoms with E-state index in [1.807, 2.05) is 24.3 Å². The number of tetrazole rings is 1. The fraction of sp³-hybridized carbons (Fsp3) is 0.130. The third kappa shape index (κ3) is 4.66. The minimum atomic E-state index is -4.11. The molecule has 0 saturated heterocycles.